The maximum atomic E-state index is 13.7. The molecular formula is C27H34N6O2. The number of carbonyl (C=O) groups excluding carboxylic acids is 2. The van der Waals surface area contributed by atoms with Gasteiger partial charge in [-0.2, -0.15) is 5.10 Å². The van der Waals surface area contributed by atoms with Crippen LogP contribution in [0.5, 0.6) is 0 Å². The summed E-state index contributed by atoms with van der Waals surface area (Å²) in [4.78, 5) is 35.9. The second-order valence-electron chi connectivity index (χ2n) is 10.6. The van der Waals surface area contributed by atoms with Crippen molar-refractivity contribution in [2.24, 2.45) is 29.3 Å². The maximum Gasteiger partial charge on any atom is 0.270 e. The number of amides is 2. The van der Waals surface area contributed by atoms with Gasteiger partial charge in [-0.05, 0) is 67.7 Å². The van der Waals surface area contributed by atoms with Gasteiger partial charge in [-0.25, -0.2) is 0 Å². The van der Waals surface area contributed by atoms with Crippen LogP contribution >= 0.6 is 0 Å². The van der Waals surface area contributed by atoms with Crippen LogP contribution in [0.4, 0.5) is 5.69 Å². The van der Waals surface area contributed by atoms with Crippen molar-refractivity contribution in [2.45, 2.75) is 58.9 Å². The molecule has 8 nitrogen and oxygen atoms in total. The first kappa shape index (κ1) is 23.5. The monoisotopic (exact) mass is 474 g/mol. The minimum absolute atomic E-state index is 0.0816. The lowest BCUT2D eigenvalue weighted by Gasteiger charge is -2.42. The number of anilines is 1. The first-order valence-electron chi connectivity index (χ1n) is 12.5. The minimum Gasteiger partial charge on any atom is -0.339 e. The van der Waals surface area contributed by atoms with E-state index in [2.05, 4.69) is 39.6 Å². The molecule has 2 fully saturated rings. The third-order valence-corrected chi connectivity index (χ3v) is 8.11. The summed E-state index contributed by atoms with van der Waals surface area (Å²) in [5.41, 5.74) is 5.28. The second kappa shape index (κ2) is 9.06. The van der Waals surface area contributed by atoms with Gasteiger partial charge in [-0.15, -0.1) is 0 Å². The van der Waals surface area contributed by atoms with E-state index in [0.717, 1.165) is 42.7 Å². The predicted octanol–water partition coefficient (Wildman–Crippen LogP) is 4.02. The van der Waals surface area contributed by atoms with Gasteiger partial charge in [-0.3, -0.25) is 24.2 Å². The highest BCUT2D eigenvalue weighted by Crippen LogP contribution is 2.58. The standard InChI is InChI=1S/C27H34N6O2/c1-16-14-28-17(2)22(16)20-9-8-19(15-29-20)31-26(35)24(32-25(34)21-10-13-30-33(21)4)23(18-6-5-7-18)27(3)11-12-27/h8-10,13,15,18,23-24H,5-7,11-12,14H2,1-4H3,(H,31,35)(H,32,34)/t23?,24-/m0/s1. The Hall–Kier alpha value is -3.29. The third-order valence-electron chi connectivity index (χ3n) is 8.11. The van der Waals surface area contributed by atoms with Gasteiger partial charge in [0.05, 0.1) is 24.1 Å². The molecule has 2 aromatic heterocycles. The Kier molecular flexibility index (Phi) is 6.07. The second-order valence-corrected chi connectivity index (χ2v) is 10.6. The van der Waals surface area contributed by atoms with Crippen LogP contribution in [0.25, 0.3) is 5.57 Å². The Morgan fingerprint density at radius 2 is 1.94 bits per heavy atom. The van der Waals surface area contributed by atoms with Crippen molar-refractivity contribution in [1.29, 1.82) is 0 Å². The zero-order chi connectivity index (χ0) is 24.7. The molecule has 0 radical (unpaired) electrons. The molecule has 3 heterocycles. The van der Waals surface area contributed by atoms with E-state index in [1.54, 1.807) is 25.5 Å². The number of pyridine rings is 1. The summed E-state index contributed by atoms with van der Waals surface area (Å²) in [5.74, 6) is 0.0932. The number of aryl methyl sites for hydroxylation is 1. The van der Waals surface area contributed by atoms with Gasteiger partial charge in [0.1, 0.15) is 11.7 Å². The number of nitrogens with one attached hydrogen (secondary N) is 2. The number of hydrogen-bond donors (Lipinski definition) is 2. The lowest BCUT2D eigenvalue weighted by Crippen LogP contribution is -2.54. The quantitative estimate of drug-likeness (QED) is 0.603. The molecule has 0 aromatic carbocycles. The molecule has 3 aliphatic rings. The van der Waals surface area contributed by atoms with Crippen molar-refractivity contribution in [3.63, 3.8) is 0 Å². The molecule has 8 heteroatoms. The molecule has 2 aromatic rings. The summed E-state index contributed by atoms with van der Waals surface area (Å²) in [5, 5.41) is 10.2. The van der Waals surface area contributed by atoms with Crippen LogP contribution in [-0.2, 0) is 11.8 Å². The fraction of sp³-hybridized carbons (Fsp3) is 0.519. The van der Waals surface area contributed by atoms with Crippen molar-refractivity contribution < 1.29 is 9.59 Å². The summed E-state index contributed by atoms with van der Waals surface area (Å²) in [6, 6.07) is 4.86. The van der Waals surface area contributed by atoms with E-state index >= 15 is 0 Å². The summed E-state index contributed by atoms with van der Waals surface area (Å²) >= 11 is 0. The highest BCUT2D eigenvalue weighted by molar-refractivity contribution is 6.24. The van der Waals surface area contributed by atoms with Gasteiger partial charge < -0.3 is 10.6 Å². The minimum atomic E-state index is -0.621. The molecule has 2 aliphatic carbocycles. The van der Waals surface area contributed by atoms with Gasteiger partial charge >= 0.3 is 0 Å². The molecule has 2 atom stereocenters. The van der Waals surface area contributed by atoms with Gasteiger partial charge in [0, 0.05) is 24.5 Å². The Bertz CT molecular complexity index is 1200. The number of nitrogens with zero attached hydrogens (tertiary/aromatic N) is 4. The molecule has 5 rings (SSSR count). The topological polar surface area (TPSA) is 101 Å². The largest absolute Gasteiger partial charge is 0.339 e. The molecule has 2 amide bonds. The summed E-state index contributed by atoms with van der Waals surface area (Å²) in [6.07, 6.45) is 8.86. The summed E-state index contributed by atoms with van der Waals surface area (Å²) in [6.45, 7) is 7.03. The van der Waals surface area contributed by atoms with Crippen molar-refractivity contribution in [3.8, 4) is 0 Å². The van der Waals surface area contributed by atoms with Crippen LogP contribution in [-0.4, -0.2) is 44.9 Å². The van der Waals surface area contributed by atoms with Crippen molar-refractivity contribution in [3.05, 3.63) is 47.6 Å². The summed E-state index contributed by atoms with van der Waals surface area (Å²) in [7, 11) is 1.73. The van der Waals surface area contributed by atoms with E-state index < -0.39 is 6.04 Å². The van der Waals surface area contributed by atoms with E-state index in [9.17, 15) is 9.59 Å². The number of carbonyl (C=O) groups is 2. The van der Waals surface area contributed by atoms with Gasteiger partial charge in [0.25, 0.3) is 5.91 Å². The van der Waals surface area contributed by atoms with Crippen LogP contribution in [0.1, 0.15) is 69.1 Å². The molecule has 0 bridgehead atoms. The van der Waals surface area contributed by atoms with Crippen molar-refractivity contribution >= 4 is 28.8 Å². The van der Waals surface area contributed by atoms with E-state index in [4.69, 9.17) is 0 Å². The van der Waals surface area contributed by atoms with Gasteiger partial charge in [0.2, 0.25) is 5.91 Å². The first-order chi connectivity index (χ1) is 16.8. The lowest BCUT2D eigenvalue weighted by atomic mass is 9.66. The Labute approximate surface area is 206 Å². The van der Waals surface area contributed by atoms with E-state index in [1.165, 1.54) is 16.7 Å². The normalized spacial score (nSPS) is 20.6. The van der Waals surface area contributed by atoms with Crippen LogP contribution in [0.15, 0.2) is 41.2 Å². The van der Waals surface area contributed by atoms with Crippen molar-refractivity contribution in [1.82, 2.24) is 20.1 Å². The first-order valence-corrected chi connectivity index (χ1v) is 12.5. The highest BCUT2D eigenvalue weighted by atomic mass is 16.2. The van der Waals surface area contributed by atoms with Crippen LogP contribution in [0, 0.1) is 17.3 Å². The Morgan fingerprint density at radius 3 is 2.46 bits per heavy atom. The van der Waals surface area contributed by atoms with Crippen LogP contribution < -0.4 is 10.6 Å². The number of aromatic nitrogens is 3. The SMILES string of the molecule is CC1=NCC(C)=C1c1ccc(NC(=O)[C@@H](NC(=O)c2ccnn2C)C(C2CCC2)C2(C)CC2)cn1. The molecule has 2 N–H and O–H groups in total. The number of rotatable bonds is 8. The van der Waals surface area contributed by atoms with E-state index in [-0.39, 0.29) is 23.1 Å². The molecule has 1 aliphatic heterocycles. The van der Waals surface area contributed by atoms with E-state index in [0.29, 0.717) is 23.8 Å². The molecule has 35 heavy (non-hydrogen) atoms. The number of aliphatic imine (C=N–C) groups is 1. The fourth-order valence-electron chi connectivity index (χ4n) is 5.65. The average molecular weight is 475 g/mol. The van der Waals surface area contributed by atoms with Gasteiger partial charge in [0.15, 0.2) is 0 Å². The Balaban J connectivity index is 1.38. The maximum absolute atomic E-state index is 13.7. The molecule has 2 saturated carbocycles. The average Bonchev–Trinajstić information content (AvgIpc) is 3.23. The zero-order valence-electron chi connectivity index (χ0n) is 21.0. The molecular weight excluding hydrogens is 440 g/mol. The zero-order valence-corrected chi connectivity index (χ0v) is 21.0. The number of allylic oxidation sites excluding steroid dienone is 1. The predicted molar refractivity (Wildman–Crippen MR) is 136 cm³/mol. The highest BCUT2D eigenvalue weighted by Gasteiger charge is 2.54. The van der Waals surface area contributed by atoms with Crippen LogP contribution in [0.2, 0.25) is 0 Å². The van der Waals surface area contributed by atoms with Crippen LogP contribution in [0.3, 0.4) is 0 Å². The molecule has 1 unspecified atom stereocenters. The third kappa shape index (κ3) is 4.54. The smallest absolute Gasteiger partial charge is 0.270 e. The molecule has 0 spiro atoms. The number of hydrogen-bond acceptors (Lipinski definition) is 5. The van der Waals surface area contributed by atoms with E-state index in [1.807, 2.05) is 19.1 Å². The molecule has 0 saturated heterocycles. The van der Waals surface area contributed by atoms with Gasteiger partial charge in [-0.1, -0.05) is 26.2 Å². The summed E-state index contributed by atoms with van der Waals surface area (Å²) < 4.78 is 1.54. The van der Waals surface area contributed by atoms with Crippen molar-refractivity contribution in [2.75, 3.05) is 11.9 Å². The lowest BCUT2D eigenvalue weighted by molar-refractivity contribution is -0.121. The Morgan fingerprint density at radius 1 is 1.17 bits per heavy atom. The molecule has 184 valence electrons. The fourth-order valence-corrected chi connectivity index (χ4v) is 5.65.